The summed E-state index contributed by atoms with van der Waals surface area (Å²) in [5, 5.41) is -0.335. The van der Waals surface area contributed by atoms with Crippen molar-refractivity contribution < 1.29 is 14.0 Å². The predicted molar refractivity (Wildman–Crippen MR) is 134 cm³/mol. The molecule has 1 saturated heterocycles. The minimum absolute atomic E-state index is 0.208. The van der Waals surface area contributed by atoms with E-state index >= 15 is 4.39 Å². The third-order valence-corrected chi connectivity index (χ3v) is 7.03. The van der Waals surface area contributed by atoms with Gasteiger partial charge in [-0.25, -0.2) is 4.39 Å². The fourth-order valence-corrected chi connectivity index (χ4v) is 5.46. The quantitative estimate of drug-likeness (QED) is 0.457. The number of nitrogens with zero attached hydrogens (tertiary/aromatic N) is 2. The molecule has 33 heavy (non-hydrogen) atoms. The summed E-state index contributed by atoms with van der Waals surface area (Å²) in [6.07, 6.45) is 4.66. The molecule has 0 saturated carbocycles. The molecule has 2 aliphatic rings. The van der Waals surface area contributed by atoms with Crippen molar-refractivity contribution in [2.75, 3.05) is 11.4 Å². The number of anilines is 1. The second kappa shape index (κ2) is 8.82. The van der Waals surface area contributed by atoms with Gasteiger partial charge in [-0.3, -0.25) is 14.5 Å². The summed E-state index contributed by atoms with van der Waals surface area (Å²) in [6.45, 7) is 11.4. The Kier molecular flexibility index (Phi) is 6.23. The first-order valence-corrected chi connectivity index (χ1v) is 12.0. The average Bonchev–Trinajstić information content (AvgIpc) is 2.99. The summed E-state index contributed by atoms with van der Waals surface area (Å²) in [4.78, 5) is 29.2. The van der Waals surface area contributed by atoms with E-state index in [9.17, 15) is 9.59 Å². The number of aryl methyl sites for hydroxylation is 1. The minimum atomic E-state index is -0.397. The maximum absolute atomic E-state index is 15.2. The highest BCUT2D eigenvalue weighted by atomic mass is 32.2. The van der Waals surface area contributed by atoms with Crippen molar-refractivity contribution in [3.63, 3.8) is 0 Å². The molecular weight excluding hydrogens is 435 g/mol. The van der Waals surface area contributed by atoms with Crippen LogP contribution in [0.2, 0.25) is 0 Å². The molecule has 6 heteroatoms. The number of fused-ring (bicyclic) bond motifs is 1. The van der Waals surface area contributed by atoms with Crippen LogP contribution in [0.4, 0.5) is 14.9 Å². The highest BCUT2D eigenvalue weighted by Crippen LogP contribution is 2.41. The second-order valence-corrected chi connectivity index (χ2v) is 10.3. The standard InChI is InChI=1S/C27H29FN2O2S/c1-6-10-30-23-14-22(28)20(12-21(23)18(3)15-27(30,4)5)13-24-25(31)29(26(32)33-24)16-19-9-7-8-17(2)11-19/h7-9,11-15H,6,10,16H2,1-5H3/b24-13+. The Morgan fingerprint density at radius 3 is 2.58 bits per heavy atom. The summed E-state index contributed by atoms with van der Waals surface area (Å²) in [5.41, 5.74) is 4.95. The molecule has 2 aliphatic heterocycles. The van der Waals surface area contributed by atoms with Crippen LogP contribution in [0, 0.1) is 12.7 Å². The zero-order valence-electron chi connectivity index (χ0n) is 19.7. The minimum Gasteiger partial charge on any atom is -0.362 e. The summed E-state index contributed by atoms with van der Waals surface area (Å²) < 4.78 is 15.2. The molecule has 0 spiro atoms. The molecule has 2 amide bonds. The van der Waals surface area contributed by atoms with E-state index in [1.165, 1.54) is 11.0 Å². The number of imide groups is 1. The van der Waals surface area contributed by atoms with Gasteiger partial charge >= 0.3 is 0 Å². The molecular formula is C27H29FN2O2S. The van der Waals surface area contributed by atoms with Crippen LogP contribution in [0.25, 0.3) is 11.6 Å². The lowest BCUT2D eigenvalue weighted by Gasteiger charge is -2.43. The maximum atomic E-state index is 15.2. The third-order valence-electron chi connectivity index (χ3n) is 6.13. The van der Waals surface area contributed by atoms with Gasteiger partial charge < -0.3 is 4.90 Å². The number of thioether (sulfide) groups is 1. The number of carbonyl (C=O) groups excluding carboxylic acids is 2. The van der Waals surface area contributed by atoms with Crippen molar-refractivity contribution in [1.82, 2.24) is 4.90 Å². The van der Waals surface area contributed by atoms with Crippen molar-refractivity contribution in [2.45, 2.75) is 53.1 Å². The fraction of sp³-hybridized carbons (Fsp3) is 0.333. The lowest BCUT2D eigenvalue weighted by atomic mass is 9.87. The third kappa shape index (κ3) is 4.49. The Balaban J connectivity index is 1.67. The Labute approximate surface area is 199 Å². The van der Waals surface area contributed by atoms with Gasteiger partial charge in [0.05, 0.1) is 17.0 Å². The van der Waals surface area contributed by atoms with E-state index in [-0.39, 0.29) is 28.1 Å². The number of allylic oxidation sites excluding steroid dienone is 1. The Bertz CT molecular complexity index is 1200. The van der Waals surface area contributed by atoms with E-state index in [0.717, 1.165) is 52.7 Å². The molecule has 2 aromatic carbocycles. The van der Waals surface area contributed by atoms with Crippen molar-refractivity contribution in [3.05, 3.63) is 75.5 Å². The molecule has 0 N–H and O–H groups in total. The molecule has 0 aromatic heterocycles. The van der Waals surface area contributed by atoms with Gasteiger partial charge in [0, 0.05) is 23.4 Å². The van der Waals surface area contributed by atoms with Gasteiger partial charge in [-0.2, -0.15) is 0 Å². The van der Waals surface area contributed by atoms with Gasteiger partial charge in [0.15, 0.2) is 0 Å². The first-order valence-electron chi connectivity index (χ1n) is 11.2. The molecule has 2 heterocycles. The molecule has 4 nitrogen and oxygen atoms in total. The molecule has 0 atom stereocenters. The monoisotopic (exact) mass is 464 g/mol. The number of hydrogen-bond acceptors (Lipinski definition) is 4. The maximum Gasteiger partial charge on any atom is 0.293 e. The van der Waals surface area contributed by atoms with E-state index in [1.54, 1.807) is 12.1 Å². The normalized spacial score (nSPS) is 18.7. The van der Waals surface area contributed by atoms with Crippen LogP contribution in [-0.2, 0) is 11.3 Å². The van der Waals surface area contributed by atoms with Crippen LogP contribution in [0.3, 0.4) is 0 Å². The first-order chi connectivity index (χ1) is 15.6. The number of halogens is 1. The number of carbonyl (C=O) groups is 2. The summed E-state index contributed by atoms with van der Waals surface area (Å²) in [6, 6.07) is 11.1. The zero-order valence-corrected chi connectivity index (χ0v) is 20.6. The van der Waals surface area contributed by atoms with E-state index < -0.39 is 5.82 Å². The van der Waals surface area contributed by atoms with Crippen molar-refractivity contribution in [2.24, 2.45) is 0 Å². The Hall–Kier alpha value is -2.86. The highest BCUT2D eigenvalue weighted by molar-refractivity contribution is 8.18. The van der Waals surface area contributed by atoms with Crippen molar-refractivity contribution in [3.8, 4) is 0 Å². The van der Waals surface area contributed by atoms with Crippen LogP contribution in [-0.4, -0.2) is 28.1 Å². The summed E-state index contributed by atoms with van der Waals surface area (Å²) in [7, 11) is 0. The summed E-state index contributed by atoms with van der Waals surface area (Å²) in [5.74, 6) is -0.782. The van der Waals surface area contributed by atoms with Gasteiger partial charge in [-0.05, 0) is 75.2 Å². The highest BCUT2D eigenvalue weighted by Gasteiger charge is 2.36. The smallest absolute Gasteiger partial charge is 0.293 e. The van der Waals surface area contributed by atoms with E-state index in [1.807, 2.05) is 38.1 Å². The number of amides is 2. The van der Waals surface area contributed by atoms with Crippen LogP contribution in [0.5, 0.6) is 0 Å². The van der Waals surface area contributed by atoms with Gasteiger partial charge in [0.25, 0.3) is 11.1 Å². The number of hydrogen-bond donors (Lipinski definition) is 0. The predicted octanol–water partition coefficient (Wildman–Crippen LogP) is 6.78. The molecule has 172 valence electrons. The van der Waals surface area contributed by atoms with Gasteiger partial charge in [0.2, 0.25) is 0 Å². The molecule has 0 bridgehead atoms. The molecule has 0 unspecified atom stereocenters. The van der Waals surface area contributed by atoms with Crippen LogP contribution >= 0.6 is 11.8 Å². The second-order valence-electron chi connectivity index (χ2n) is 9.28. The van der Waals surface area contributed by atoms with Crippen LogP contribution < -0.4 is 4.90 Å². The molecule has 2 aromatic rings. The van der Waals surface area contributed by atoms with E-state index in [4.69, 9.17) is 0 Å². The van der Waals surface area contributed by atoms with Gasteiger partial charge in [-0.1, -0.05) is 42.8 Å². The Morgan fingerprint density at radius 2 is 1.88 bits per heavy atom. The van der Waals surface area contributed by atoms with Gasteiger partial charge in [0.1, 0.15) is 5.82 Å². The molecule has 4 rings (SSSR count). The number of benzene rings is 2. The first kappa shape index (κ1) is 23.3. The Morgan fingerprint density at radius 1 is 1.12 bits per heavy atom. The molecule has 0 radical (unpaired) electrons. The average molecular weight is 465 g/mol. The van der Waals surface area contributed by atoms with Crippen LogP contribution in [0.15, 0.2) is 47.4 Å². The van der Waals surface area contributed by atoms with Crippen LogP contribution in [0.1, 0.15) is 56.4 Å². The van der Waals surface area contributed by atoms with Gasteiger partial charge in [-0.15, -0.1) is 0 Å². The topological polar surface area (TPSA) is 40.6 Å². The van der Waals surface area contributed by atoms with E-state index in [0.29, 0.717) is 5.56 Å². The number of rotatable bonds is 5. The lowest BCUT2D eigenvalue weighted by molar-refractivity contribution is -0.123. The van der Waals surface area contributed by atoms with E-state index in [2.05, 4.69) is 31.7 Å². The fourth-order valence-electron chi connectivity index (χ4n) is 4.63. The molecule has 1 fully saturated rings. The zero-order chi connectivity index (χ0) is 23.9. The largest absolute Gasteiger partial charge is 0.362 e. The molecule has 0 aliphatic carbocycles. The SMILES string of the molecule is CCCN1c2cc(F)c(/C=C3/SC(=O)N(Cc4cccc(C)c4)C3=O)cc2C(C)=CC1(C)C. The van der Waals surface area contributed by atoms with Crippen molar-refractivity contribution in [1.29, 1.82) is 0 Å². The summed E-state index contributed by atoms with van der Waals surface area (Å²) >= 11 is 0.862. The lowest BCUT2D eigenvalue weighted by Crippen LogP contribution is -2.45. The van der Waals surface area contributed by atoms with Crippen molar-refractivity contribution >= 4 is 40.2 Å².